The van der Waals surface area contributed by atoms with Gasteiger partial charge in [-0.1, -0.05) is 61.5 Å². The number of rotatable bonds is 15. The molecule has 0 saturated heterocycles. The highest BCUT2D eigenvalue weighted by Gasteiger charge is 2.33. The minimum absolute atomic E-state index is 0.00576. The number of carbonyl (C=O) groups is 3. The van der Waals surface area contributed by atoms with E-state index in [1.54, 1.807) is 35.8 Å². The van der Waals surface area contributed by atoms with Crippen LogP contribution in [0.2, 0.25) is 0 Å². The maximum Gasteiger partial charge on any atom is 0.355 e. The molecule has 0 spiro atoms. The Morgan fingerprint density at radius 2 is 1.17 bits per heavy atom. The van der Waals surface area contributed by atoms with Gasteiger partial charge in [0.1, 0.15) is 9.79 Å². The van der Waals surface area contributed by atoms with E-state index in [1.165, 1.54) is 47.2 Å². The van der Waals surface area contributed by atoms with Crippen LogP contribution in [-0.2, 0) is 86.3 Å². The zero-order valence-corrected chi connectivity index (χ0v) is 57.2. The predicted octanol–water partition coefficient (Wildman–Crippen LogP) is 9.40. The van der Waals surface area contributed by atoms with E-state index in [1.807, 2.05) is 46.2 Å². The summed E-state index contributed by atoms with van der Waals surface area (Å²) < 4.78 is 87.9. The number of pyridine rings is 1. The summed E-state index contributed by atoms with van der Waals surface area (Å²) in [5.41, 5.74) is 10.0. The molecule has 8 N–H and O–H groups in total. The second-order valence-electron chi connectivity index (χ2n) is 25.0. The Kier molecular flexibility index (Phi) is 21.1. The van der Waals surface area contributed by atoms with Gasteiger partial charge in [0.25, 0.3) is 0 Å². The Bertz CT molecular complexity index is 4240. The fourth-order valence-electron chi connectivity index (χ4n) is 12.1. The molecular weight excluding hydrogens is 1270 g/mol. The summed E-state index contributed by atoms with van der Waals surface area (Å²) in [7, 11) is -7.56. The van der Waals surface area contributed by atoms with Gasteiger partial charge < -0.3 is 39.6 Å². The molecule has 1 fully saturated rings. The molecule has 5 aromatic heterocycles. The van der Waals surface area contributed by atoms with Crippen LogP contribution in [0, 0.1) is 17.4 Å². The van der Waals surface area contributed by atoms with E-state index in [4.69, 9.17) is 39.1 Å². The average molecular weight is 1360 g/mol. The number of carbonyl (C=O) groups excluding carboxylic acids is 3. The van der Waals surface area contributed by atoms with E-state index in [9.17, 15) is 32.3 Å². The normalized spacial score (nSPS) is 17.9. The first-order chi connectivity index (χ1) is 44.8. The number of methoxy groups -OCH3 is 2. The number of anilines is 3. The van der Waals surface area contributed by atoms with Gasteiger partial charge in [0.2, 0.25) is 23.5 Å². The van der Waals surface area contributed by atoms with Crippen molar-refractivity contribution in [3.05, 3.63) is 75.6 Å². The second-order valence-corrected chi connectivity index (χ2v) is 30.4. The lowest BCUT2D eigenvalue weighted by molar-refractivity contribution is 0.0775. The number of nitrogens with zero attached hydrogens (tertiary/aromatic N) is 13. The third-order valence-corrected chi connectivity index (χ3v) is 21.1. The molecule has 30 nitrogen and oxygen atoms in total. The number of urea groups is 3. The molecule has 3 aliphatic heterocycles. The summed E-state index contributed by atoms with van der Waals surface area (Å²) in [6.07, 6.45) is 16.1. The summed E-state index contributed by atoms with van der Waals surface area (Å²) in [5.74, 6) is 2.27. The molecule has 508 valence electrons. The molecule has 94 heavy (non-hydrogen) atoms. The van der Waals surface area contributed by atoms with Gasteiger partial charge in [0.05, 0.1) is 86.6 Å². The topological polar surface area (TPSA) is 394 Å². The molecule has 12 rings (SSSR count). The monoisotopic (exact) mass is 1360 g/mol. The molecule has 1 saturated carbocycles. The molecule has 8 heterocycles. The molecule has 4 unspecified atom stereocenters. The standard InChI is InChI=1S/C22H26N6O4S.C20H31N7O3S.C19H28N6O4S/c1-31-16-8-9-32-21-19(11-24-28(21)12-16)33(30,25-13-23)27-22(29)26-20-17-6-2-4-14(17)10-15-5-3-7-18(15)20;1-12(2)16-17(18(13(3)4)27(24-16)11-14-6-7-14)23-20(28)25-31(21,29)15-10-22-26-8-5-9-30-19(15)26;1-11(2)13-9-15(28-5)22-16(12(3)4)17(13)23-19(26)24-30(20,27)14-10-21-25-7-6-8-29-18(14)25/h10-11,16H,2-9,12H2,1H3,(H2,25,26,27,29,30);10,12-14H,5-9,11H2,1-4H3,(H3,21,23,25,28,29);9-12H,6-8H2,1-5H3,(H3,20,23,24,26,27). The smallest absolute Gasteiger partial charge is 0.355 e. The molecule has 6 aromatic rings. The van der Waals surface area contributed by atoms with Gasteiger partial charge in [-0.2, -0.15) is 25.7 Å². The average Bonchev–Trinajstić information content (AvgIpc) is 1.56. The molecule has 0 bridgehead atoms. The highest BCUT2D eigenvalue weighted by molar-refractivity contribution is 7.92. The number of nitriles is 1. The summed E-state index contributed by atoms with van der Waals surface area (Å²) >= 11 is 0. The largest absolute Gasteiger partial charge is 0.481 e. The zero-order chi connectivity index (χ0) is 67.4. The minimum Gasteiger partial charge on any atom is -0.481 e. The highest BCUT2D eigenvalue weighted by Crippen LogP contribution is 2.41. The number of nitrogens with two attached hydrogens (primary N) is 2. The van der Waals surface area contributed by atoms with E-state index in [0.717, 1.165) is 91.7 Å². The predicted molar refractivity (Wildman–Crippen MR) is 351 cm³/mol. The number of nitrogens with one attached hydrogen (secondary N) is 4. The maximum atomic E-state index is 13.7. The van der Waals surface area contributed by atoms with Crippen LogP contribution in [0.5, 0.6) is 23.5 Å². The maximum absolute atomic E-state index is 13.7. The van der Waals surface area contributed by atoms with Crippen molar-refractivity contribution < 1.29 is 50.7 Å². The van der Waals surface area contributed by atoms with Crippen LogP contribution in [0.3, 0.4) is 0 Å². The number of aryl methyl sites for hydroxylation is 4. The van der Waals surface area contributed by atoms with Crippen molar-refractivity contribution in [2.24, 2.45) is 29.3 Å². The molecular formula is C61H85N19O11S3. The summed E-state index contributed by atoms with van der Waals surface area (Å²) in [6.45, 7) is 19.9. The van der Waals surface area contributed by atoms with Crippen LogP contribution in [0.1, 0.15) is 169 Å². The van der Waals surface area contributed by atoms with Crippen LogP contribution >= 0.6 is 0 Å². The van der Waals surface area contributed by atoms with Crippen molar-refractivity contribution in [2.45, 2.75) is 197 Å². The van der Waals surface area contributed by atoms with Gasteiger partial charge in [-0.3, -0.25) is 4.68 Å². The molecule has 6 aliphatic rings. The first-order valence-corrected chi connectivity index (χ1v) is 36.4. The van der Waals surface area contributed by atoms with Crippen molar-refractivity contribution >= 4 is 64.9 Å². The minimum atomic E-state index is -3.65. The Morgan fingerprint density at radius 1 is 0.649 bits per heavy atom. The van der Waals surface area contributed by atoms with Crippen LogP contribution < -0.4 is 49.9 Å². The number of ether oxygens (including phenoxy) is 5. The summed E-state index contributed by atoms with van der Waals surface area (Å²) in [4.78, 5) is 43.4. The summed E-state index contributed by atoms with van der Waals surface area (Å²) in [5, 5.41) is 47.0. The fraction of sp³-hybridized carbons (Fsp3) is 0.557. The van der Waals surface area contributed by atoms with E-state index in [-0.39, 0.29) is 50.3 Å². The lowest BCUT2D eigenvalue weighted by Crippen LogP contribution is -2.22. The number of hydrogen-bond donors (Lipinski definition) is 6. The van der Waals surface area contributed by atoms with Crippen molar-refractivity contribution in [3.63, 3.8) is 0 Å². The Hall–Kier alpha value is -8.16. The highest BCUT2D eigenvalue weighted by atomic mass is 32.2. The molecule has 4 atom stereocenters. The van der Waals surface area contributed by atoms with Gasteiger partial charge in [0.15, 0.2) is 40.8 Å². The van der Waals surface area contributed by atoms with Gasteiger partial charge in [0, 0.05) is 57.8 Å². The van der Waals surface area contributed by atoms with Crippen LogP contribution in [0.15, 0.2) is 58.5 Å². The van der Waals surface area contributed by atoms with Crippen molar-refractivity contribution in [1.82, 2.24) is 48.8 Å². The van der Waals surface area contributed by atoms with E-state index in [2.05, 4.69) is 74.0 Å². The van der Waals surface area contributed by atoms with Crippen LogP contribution in [0.25, 0.3) is 0 Å². The molecule has 6 amide bonds. The SMILES string of the molecule is CC(C)c1nn(CC2CC2)c(C(C)C)c1NC(=O)N=S(N)(=O)c1cnn2c1OCCC2.COC1CCOc2c(S(=O)(=NC(=O)Nc3c4c(cc5c3CCC5)CCC4)NC#N)cnn2C1.COc1cc(C(C)C)c(NC(=O)N=S(N)(=O)c2cnn3c2OCCC3)c(C(C)C)n1. The Morgan fingerprint density at radius 3 is 1.69 bits per heavy atom. The van der Waals surface area contributed by atoms with E-state index >= 15 is 0 Å². The third kappa shape index (κ3) is 15.2. The number of amides is 6. The molecule has 3 aliphatic carbocycles. The second kappa shape index (κ2) is 28.8. The third-order valence-electron chi connectivity index (χ3n) is 16.8. The molecule has 1 aromatic carbocycles. The van der Waals surface area contributed by atoms with Crippen LogP contribution in [-0.4, -0.2) is 115 Å². The van der Waals surface area contributed by atoms with Gasteiger partial charge in [-0.25, -0.2) is 61.0 Å². The Balaban J connectivity index is 0.000000154. The Labute approximate surface area is 548 Å². The number of fused-ring (bicyclic) bond motifs is 5. The number of aromatic nitrogens is 9. The van der Waals surface area contributed by atoms with Crippen molar-refractivity contribution in [3.8, 4) is 29.7 Å². The van der Waals surface area contributed by atoms with Gasteiger partial charge >= 0.3 is 18.1 Å². The summed E-state index contributed by atoms with van der Waals surface area (Å²) in [6, 6.07) is 1.69. The molecule has 0 radical (unpaired) electrons. The fourth-order valence-corrected chi connectivity index (χ4v) is 15.3. The first kappa shape index (κ1) is 68.7. The molecule has 33 heteroatoms. The van der Waals surface area contributed by atoms with Gasteiger partial charge in [-0.05, 0) is 109 Å². The number of benzene rings is 1. The lowest BCUT2D eigenvalue weighted by atomic mass is 9.97. The van der Waals surface area contributed by atoms with Gasteiger partial charge in [-0.15, -0.1) is 13.1 Å². The van der Waals surface area contributed by atoms with Crippen molar-refractivity contribution in [2.75, 3.05) is 50.0 Å². The lowest BCUT2D eigenvalue weighted by Gasteiger charge is -2.20. The van der Waals surface area contributed by atoms with E-state index in [0.29, 0.717) is 86.5 Å². The van der Waals surface area contributed by atoms with E-state index < -0.39 is 47.8 Å². The van der Waals surface area contributed by atoms with Crippen LogP contribution in [0.4, 0.5) is 31.4 Å². The number of hydrogen-bond acceptors (Lipinski definition) is 17. The first-order valence-electron chi connectivity index (χ1n) is 31.7. The quantitative estimate of drug-likeness (QED) is 0.0411. The van der Waals surface area contributed by atoms with Crippen molar-refractivity contribution in [1.29, 1.82) is 5.26 Å². The zero-order valence-electron chi connectivity index (χ0n) is 54.8.